The Morgan fingerprint density at radius 2 is 2.25 bits per heavy atom. The van der Waals surface area contributed by atoms with E-state index in [0.717, 1.165) is 45.1 Å². The van der Waals surface area contributed by atoms with Crippen LogP contribution in [-0.2, 0) is 9.53 Å². The highest BCUT2D eigenvalue weighted by Crippen LogP contribution is 2.41. The summed E-state index contributed by atoms with van der Waals surface area (Å²) in [6.07, 6.45) is 5.58. The fraction of sp³-hybridized carbons (Fsp3) is 0.923. The van der Waals surface area contributed by atoms with Gasteiger partial charge in [-0.1, -0.05) is 26.7 Å². The fourth-order valence-corrected chi connectivity index (χ4v) is 2.77. The molecule has 2 atom stereocenters. The van der Waals surface area contributed by atoms with Crippen molar-refractivity contribution >= 4 is 5.97 Å². The summed E-state index contributed by atoms with van der Waals surface area (Å²) in [5.74, 6) is -0.422. The molecule has 0 aliphatic carbocycles. The lowest BCUT2D eigenvalue weighted by Gasteiger charge is -2.38. The monoisotopic (exact) mass is 228 g/mol. The van der Waals surface area contributed by atoms with Gasteiger partial charge in [-0.15, -0.1) is 0 Å². The Bertz CT molecular complexity index is 221. The van der Waals surface area contributed by atoms with Gasteiger partial charge in [-0.25, -0.2) is 0 Å². The lowest BCUT2D eigenvalue weighted by Crippen LogP contribution is -2.42. The third-order valence-corrected chi connectivity index (χ3v) is 3.98. The molecule has 16 heavy (non-hydrogen) atoms. The van der Waals surface area contributed by atoms with E-state index in [9.17, 15) is 9.90 Å². The van der Waals surface area contributed by atoms with Crippen molar-refractivity contribution in [3.63, 3.8) is 0 Å². The molecular weight excluding hydrogens is 204 g/mol. The molecule has 0 spiro atoms. The van der Waals surface area contributed by atoms with E-state index in [4.69, 9.17) is 4.74 Å². The Hall–Kier alpha value is -0.570. The molecule has 94 valence electrons. The second-order valence-corrected chi connectivity index (χ2v) is 4.83. The van der Waals surface area contributed by atoms with Crippen molar-refractivity contribution in [1.82, 2.24) is 0 Å². The largest absolute Gasteiger partial charge is 0.481 e. The van der Waals surface area contributed by atoms with Crippen LogP contribution in [0.3, 0.4) is 0 Å². The van der Waals surface area contributed by atoms with Crippen molar-refractivity contribution < 1.29 is 14.6 Å². The minimum Gasteiger partial charge on any atom is -0.481 e. The number of rotatable bonds is 6. The molecule has 0 amide bonds. The number of ether oxygens (including phenoxy) is 1. The van der Waals surface area contributed by atoms with E-state index in [-0.39, 0.29) is 5.92 Å². The third-order valence-electron chi connectivity index (χ3n) is 3.98. The number of aliphatic carboxylic acids is 1. The molecule has 1 aliphatic heterocycles. The SMILES string of the molecule is CCCCC(CC)(C(=O)O)C1CCCOC1. The highest BCUT2D eigenvalue weighted by Gasteiger charge is 2.44. The van der Waals surface area contributed by atoms with E-state index in [2.05, 4.69) is 6.92 Å². The number of unbranched alkanes of at least 4 members (excludes halogenated alkanes) is 1. The van der Waals surface area contributed by atoms with Crippen molar-refractivity contribution in [2.75, 3.05) is 13.2 Å². The molecule has 1 heterocycles. The topological polar surface area (TPSA) is 46.5 Å². The Morgan fingerprint density at radius 3 is 2.69 bits per heavy atom. The van der Waals surface area contributed by atoms with Crippen molar-refractivity contribution in [3.05, 3.63) is 0 Å². The molecule has 0 aromatic heterocycles. The maximum atomic E-state index is 11.6. The zero-order valence-corrected chi connectivity index (χ0v) is 10.5. The summed E-state index contributed by atoms with van der Waals surface area (Å²) >= 11 is 0. The van der Waals surface area contributed by atoms with Gasteiger partial charge in [-0.05, 0) is 31.6 Å². The van der Waals surface area contributed by atoms with E-state index < -0.39 is 11.4 Å². The standard InChI is InChI=1S/C13H24O3/c1-3-5-8-13(4-2,12(14)15)11-7-6-9-16-10-11/h11H,3-10H2,1-2H3,(H,14,15). The molecule has 3 heteroatoms. The Morgan fingerprint density at radius 1 is 1.50 bits per heavy atom. The zero-order valence-electron chi connectivity index (χ0n) is 10.5. The number of hydrogen-bond donors (Lipinski definition) is 1. The van der Waals surface area contributed by atoms with Gasteiger partial charge in [0.15, 0.2) is 0 Å². The van der Waals surface area contributed by atoms with Crippen LogP contribution in [0.25, 0.3) is 0 Å². The second kappa shape index (κ2) is 6.24. The van der Waals surface area contributed by atoms with Gasteiger partial charge in [0.2, 0.25) is 0 Å². The molecule has 0 bridgehead atoms. The molecule has 1 aliphatic rings. The molecule has 0 aromatic carbocycles. The molecule has 0 aromatic rings. The first-order valence-corrected chi connectivity index (χ1v) is 6.48. The van der Waals surface area contributed by atoms with Gasteiger partial charge in [-0.3, -0.25) is 4.79 Å². The normalized spacial score (nSPS) is 25.0. The molecule has 2 unspecified atom stereocenters. The third kappa shape index (κ3) is 2.76. The number of carboxylic acid groups (broad SMARTS) is 1. The van der Waals surface area contributed by atoms with Crippen LogP contribution >= 0.6 is 0 Å². The lowest BCUT2D eigenvalue weighted by atomic mass is 9.68. The van der Waals surface area contributed by atoms with Gasteiger partial charge in [0.25, 0.3) is 0 Å². The van der Waals surface area contributed by atoms with Crippen LogP contribution < -0.4 is 0 Å². The van der Waals surface area contributed by atoms with Crippen LogP contribution in [0.4, 0.5) is 0 Å². The average Bonchev–Trinajstić information content (AvgIpc) is 2.31. The van der Waals surface area contributed by atoms with Crippen LogP contribution in [0.15, 0.2) is 0 Å². The summed E-state index contributed by atoms with van der Waals surface area (Å²) in [6, 6.07) is 0. The van der Waals surface area contributed by atoms with E-state index >= 15 is 0 Å². The van der Waals surface area contributed by atoms with Crippen molar-refractivity contribution in [1.29, 1.82) is 0 Å². The van der Waals surface area contributed by atoms with Crippen LogP contribution in [0.1, 0.15) is 52.4 Å². The quantitative estimate of drug-likeness (QED) is 0.760. The summed E-state index contributed by atoms with van der Waals surface area (Å²) in [7, 11) is 0. The first kappa shape index (κ1) is 13.5. The van der Waals surface area contributed by atoms with Gasteiger partial charge in [-0.2, -0.15) is 0 Å². The van der Waals surface area contributed by atoms with Crippen molar-refractivity contribution in [3.8, 4) is 0 Å². The molecule has 0 saturated carbocycles. The first-order chi connectivity index (χ1) is 7.67. The number of carbonyl (C=O) groups is 1. The van der Waals surface area contributed by atoms with Gasteiger partial charge in [0.05, 0.1) is 12.0 Å². The van der Waals surface area contributed by atoms with E-state index in [0.29, 0.717) is 6.61 Å². The minimum atomic E-state index is -0.626. The minimum absolute atomic E-state index is 0.204. The first-order valence-electron chi connectivity index (χ1n) is 6.48. The highest BCUT2D eigenvalue weighted by molar-refractivity contribution is 5.75. The average molecular weight is 228 g/mol. The zero-order chi connectivity index (χ0) is 12.0. The van der Waals surface area contributed by atoms with Crippen molar-refractivity contribution in [2.45, 2.75) is 52.4 Å². The summed E-state index contributed by atoms with van der Waals surface area (Å²) in [4.78, 5) is 11.6. The number of carboxylic acids is 1. The van der Waals surface area contributed by atoms with Crippen molar-refractivity contribution in [2.24, 2.45) is 11.3 Å². The maximum absolute atomic E-state index is 11.6. The molecule has 1 rings (SSSR count). The van der Waals surface area contributed by atoms with Gasteiger partial charge < -0.3 is 9.84 Å². The van der Waals surface area contributed by atoms with E-state index in [1.165, 1.54) is 0 Å². The highest BCUT2D eigenvalue weighted by atomic mass is 16.5. The molecule has 3 nitrogen and oxygen atoms in total. The fourth-order valence-electron chi connectivity index (χ4n) is 2.77. The second-order valence-electron chi connectivity index (χ2n) is 4.83. The van der Waals surface area contributed by atoms with Gasteiger partial charge >= 0.3 is 5.97 Å². The van der Waals surface area contributed by atoms with E-state index in [1.54, 1.807) is 0 Å². The molecule has 0 radical (unpaired) electrons. The van der Waals surface area contributed by atoms with Crippen LogP contribution in [-0.4, -0.2) is 24.3 Å². The van der Waals surface area contributed by atoms with E-state index in [1.807, 2.05) is 6.92 Å². The summed E-state index contributed by atoms with van der Waals surface area (Å²) < 4.78 is 5.46. The molecule has 1 saturated heterocycles. The predicted molar refractivity (Wildman–Crippen MR) is 63.4 cm³/mol. The Balaban J connectivity index is 2.77. The predicted octanol–water partition coefficient (Wildman–Crippen LogP) is 3.08. The smallest absolute Gasteiger partial charge is 0.309 e. The van der Waals surface area contributed by atoms with Crippen LogP contribution in [0.5, 0.6) is 0 Å². The molecule has 1 N–H and O–H groups in total. The molecular formula is C13H24O3. The summed E-state index contributed by atoms with van der Waals surface area (Å²) in [5, 5.41) is 9.55. The Labute approximate surface area is 98.2 Å². The lowest BCUT2D eigenvalue weighted by molar-refractivity contribution is -0.158. The number of hydrogen-bond acceptors (Lipinski definition) is 2. The molecule has 1 fully saturated rings. The summed E-state index contributed by atoms with van der Waals surface area (Å²) in [6.45, 7) is 5.53. The Kier molecular flexibility index (Phi) is 5.26. The maximum Gasteiger partial charge on any atom is 0.309 e. The summed E-state index contributed by atoms with van der Waals surface area (Å²) in [5.41, 5.74) is -0.545. The van der Waals surface area contributed by atoms with Gasteiger partial charge in [0.1, 0.15) is 0 Å². The van der Waals surface area contributed by atoms with Crippen LogP contribution in [0.2, 0.25) is 0 Å². The van der Waals surface area contributed by atoms with Gasteiger partial charge in [0, 0.05) is 6.61 Å². The van der Waals surface area contributed by atoms with Crippen LogP contribution in [0, 0.1) is 11.3 Å².